The average Bonchev–Trinajstić information content (AvgIpc) is 2.76. The molecule has 0 unspecified atom stereocenters. The van der Waals surface area contributed by atoms with E-state index in [4.69, 9.17) is 4.74 Å². The van der Waals surface area contributed by atoms with Crippen molar-refractivity contribution in [3.63, 3.8) is 0 Å². The summed E-state index contributed by atoms with van der Waals surface area (Å²) in [5.41, 5.74) is 0.998. The molecule has 3 rings (SSSR count). The van der Waals surface area contributed by atoms with Crippen LogP contribution in [0.25, 0.3) is 0 Å². The molecule has 0 amide bonds. The van der Waals surface area contributed by atoms with Crippen molar-refractivity contribution in [2.45, 2.75) is 45.1 Å². The fraction of sp³-hybridized carbons (Fsp3) is 0.440. The lowest BCUT2D eigenvalue weighted by molar-refractivity contribution is -0.175. The maximum absolute atomic E-state index is 13.0. The first-order valence-corrected chi connectivity index (χ1v) is 10.7. The molecule has 5 heteroatoms. The zero-order chi connectivity index (χ0) is 21.6. The number of rotatable bonds is 8. The van der Waals surface area contributed by atoms with Crippen molar-refractivity contribution in [3.05, 3.63) is 71.5 Å². The molecule has 0 spiro atoms. The maximum Gasteiger partial charge on any atom is 0.306 e. The topological polar surface area (TPSA) is 46.6 Å². The van der Waals surface area contributed by atoms with Gasteiger partial charge in [0.15, 0.2) is 5.78 Å². The van der Waals surface area contributed by atoms with Crippen LogP contribution in [0.15, 0.2) is 54.6 Å². The lowest BCUT2D eigenvalue weighted by atomic mass is 9.76. The number of piperidine rings is 1. The molecule has 2 aromatic carbocycles. The van der Waals surface area contributed by atoms with E-state index in [-0.39, 0.29) is 23.5 Å². The standard InChI is InChI=1S/C25H30FNO3/c1-3-24(29)30-25(21-8-5-4-6-9-21)15-17-27(18-19(25)2)16-7-10-23(28)20-11-13-22(26)14-12-20/h4-6,8-9,11-14,19H,3,7,10,15-18H2,1-2H3/t19-,25-/m0/s1. The number of ether oxygens (including phenoxy) is 1. The van der Waals surface area contributed by atoms with Crippen LogP contribution < -0.4 is 0 Å². The zero-order valence-corrected chi connectivity index (χ0v) is 17.8. The summed E-state index contributed by atoms with van der Waals surface area (Å²) in [6.07, 6.45) is 2.27. The Hall–Kier alpha value is -2.53. The number of esters is 1. The van der Waals surface area contributed by atoms with Gasteiger partial charge in [-0.2, -0.15) is 0 Å². The van der Waals surface area contributed by atoms with Gasteiger partial charge in [0.2, 0.25) is 0 Å². The number of likely N-dealkylation sites (tertiary alicyclic amines) is 1. The number of Topliss-reactive ketones (excluding diaryl/α,β-unsaturated/α-hetero) is 1. The number of ketones is 1. The molecule has 1 saturated heterocycles. The summed E-state index contributed by atoms with van der Waals surface area (Å²) in [5, 5.41) is 0. The highest BCUT2D eigenvalue weighted by Crippen LogP contribution is 2.41. The third kappa shape index (κ3) is 5.14. The Bertz CT molecular complexity index is 852. The van der Waals surface area contributed by atoms with Gasteiger partial charge in [0.25, 0.3) is 0 Å². The first-order chi connectivity index (χ1) is 14.4. The van der Waals surface area contributed by atoms with Crippen LogP contribution in [0.2, 0.25) is 0 Å². The summed E-state index contributed by atoms with van der Waals surface area (Å²) in [7, 11) is 0. The van der Waals surface area contributed by atoms with Crippen LogP contribution in [0, 0.1) is 11.7 Å². The highest BCUT2D eigenvalue weighted by Gasteiger charge is 2.45. The van der Waals surface area contributed by atoms with Gasteiger partial charge in [-0.15, -0.1) is 0 Å². The summed E-state index contributed by atoms with van der Waals surface area (Å²) < 4.78 is 19.1. The highest BCUT2D eigenvalue weighted by molar-refractivity contribution is 5.95. The van der Waals surface area contributed by atoms with E-state index < -0.39 is 5.60 Å². The highest BCUT2D eigenvalue weighted by atomic mass is 19.1. The zero-order valence-electron chi connectivity index (χ0n) is 17.8. The monoisotopic (exact) mass is 411 g/mol. The largest absolute Gasteiger partial charge is 0.454 e. The molecule has 0 N–H and O–H groups in total. The second kappa shape index (κ2) is 9.98. The molecule has 0 aromatic heterocycles. The van der Waals surface area contributed by atoms with Crippen molar-refractivity contribution in [2.24, 2.45) is 5.92 Å². The van der Waals surface area contributed by atoms with Gasteiger partial charge in [0, 0.05) is 43.8 Å². The summed E-state index contributed by atoms with van der Waals surface area (Å²) in [6, 6.07) is 15.7. The van der Waals surface area contributed by atoms with Gasteiger partial charge < -0.3 is 9.64 Å². The van der Waals surface area contributed by atoms with E-state index in [0.717, 1.165) is 38.0 Å². The second-order valence-corrected chi connectivity index (χ2v) is 8.07. The molecule has 1 aliphatic rings. The summed E-state index contributed by atoms with van der Waals surface area (Å²) >= 11 is 0. The van der Waals surface area contributed by atoms with Crippen LogP contribution in [0.5, 0.6) is 0 Å². The van der Waals surface area contributed by atoms with Gasteiger partial charge in [-0.1, -0.05) is 44.2 Å². The number of carbonyl (C=O) groups is 2. The molecule has 160 valence electrons. The van der Waals surface area contributed by atoms with Crippen molar-refractivity contribution in [1.29, 1.82) is 0 Å². The molecule has 4 nitrogen and oxygen atoms in total. The van der Waals surface area contributed by atoms with Crippen LogP contribution in [-0.4, -0.2) is 36.3 Å². The van der Waals surface area contributed by atoms with E-state index in [2.05, 4.69) is 11.8 Å². The smallest absolute Gasteiger partial charge is 0.306 e. The molecule has 0 saturated carbocycles. The van der Waals surface area contributed by atoms with Crippen molar-refractivity contribution < 1.29 is 18.7 Å². The van der Waals surface area contributed by atoms with Crippen molar-refractivity contribution in [2.75, 3.05) is 19.6 Å². The predicted octanol–water partition coefficient (Wildman–Crippen LogP) is 4.98. The fourth-order valence-corrected chi connectivity index (χ4v) is 4.28. The van der Waals surface area contributed by atoms with Gasteiger partial charge in [0.05, 0.1) is 0 Å². The lowest BCUT2D eigenvalue weighted by Gasteiger charge is -2.46. The molecule has 0 aliphatic carbocycles. The Morgan fingerprint density at radius 2 is 1.83 bits per heavy atom. The number of carbonyl (C=O) groups excluding carboxylic acids is 2. The number of benzene rings is 2. The second-order valence-electron chi connectivity index (χ2n) is 8.07. The molecule has 0 radical (unpaired) electrons. The molecule has 1 fully saturated rings. The van der Waals surface area contributed by atoms with Gasteiger partial charge in [-0.25, -0.2) is 4.39 Å². The van der Waals surface area contributed by atoms with Gasteiger partial charge in [-0.05, 0) is 42.8 Å². The van der Waals surface area contributed by atoms with Crippen molar-refractivity contribution in [3.8, 4) is 0 Å². The van der Waals surface area contributed by atoms with E-state index in [1.165, 1.54) is 24.3 Å². The third-order valence-electron chi connectivity index (χ3n) is 6.02. The van der Waals surface area contributed by atoms with Crippen molar-refractivity contribution >= 4 is 11.8 Å². The van der Waals surface area contributed by atoms with Crippen LogP contribution in [0.3, 0.4) is 0 Å². The number of nitrogens with zero attached hydrogens (tertiary/aromatic N) is 1. The average molecular weight is 412 g/mol. The molecule has 1 aliphatic heterocycles. The Labute approximate surface area is 178 Å². The fourth-order valence-electron chi connectivity index (χ4n) is 4.28. The van der Waals surface area contributed by atoms with Crippen LogP contribution >= 0.6 is 0 Å². The third-order valence-corrected chi connectivity index (χ3v) is 6.02. The number of hydrogen-bond acceptors (Lipinski definition) is 4. The summed E-state index contributed by atoms with van der Waals surface area (Å²) in [6.45, 7) is 6.37. The van der Waals surface area contributed by atoms with E-state index in [0.29, 0.717) is 18.4 Å². The van der Waals surface area contributed by atoms with Crippen molar-refractivity contribution in [1.82, 2.24) is 4.90 Å². The van der Waals surface area contributed by atoms with E-state index in [1.807, 2.05) is 37.3 Å². The Balaban J connectivity index is 1.59. The SMILES string of the molecule is CCC(=O)O[C@@]1(c2ccccc2)CCN(CCCC(=O)c2ccc(F)cc2)C[C@@H]1C. The molecule has 1 heterocycles. The summed E-state index contributed by atoms with van der Waals surface area (Å²) in [5.74, 6) is -0.337. The quantitative estimate of drug-likeness (QED) is 0.454. The lowest BCUT2D eigenvalue weighted by Crippen LogP contribution is -2.51. The van der Waals surface area contributed by atoms with E-state index in [1.54, 1.807) is 0 Å². The van der Waals surface area contributed by atoms with Gasteiger partial charge in [0.1, 0.15) is 11.4 Å². The van der Waals surface area contributed by atoms with Gasteiger partial charge >= 0.3 is 5.97 Å². The predicted molar refractivity (Wildman–Crippen MR) is 115 cm³/mol. The first kappa shape index (κ1) is 22.2. The van der Waals surface area contributed by atoms with Crippen LogP contribution in [-0.2, 0) is 15.1 Å². The minimum atomic E-state index is -0.602. The molecular weight excluding hydrogens is 381 g/mol. The number of halogens is 1. The minimum Gasteiger partial charge on any atom is -0.454 e. The Kier molecular flexibility index (Phi) is 7.38. The van der Waals surface area contributed by atoms with Crippen LogP contribution in [0.4, 0.5) is 4.39 Å². The normalized spacial score (nSPS) is 21.9. The Morgan fingerprint density at radius 1 is 1.13 bits per heavy atom. The first-order valence-electron chi connectivity index (χ1n) is 10.7. The molecular formula is C25H30FNO3. The molecule has 2 atom stereocenters. The maximum atomic E-state index is 13.0. The molecule has 30 heavy (non-hydrogen) atoms. The molecule has 2 aromatic rings. The Morgan fingerprint density at radius 3 is 2.47 bits per heavy atom. The summed E-state index contributed by atoms with van der Waals surface area (Å²) in [4.78, 5) is 26.8. The van der Waals surface area contributed by atoms with E-state index >= 15 is 0 Å². The van der Waals surface area contributed by atoms with Gasteiger partial charge in [-0.3, -0.25) is 9.59 Å². The van der Waals surface area contributed by atoms with Crippen LogP contribution in [0.1, 0.15) is 55.5 Å². The van der Waals surface area contributed by atoms with E-state index in [9.17, 15) is 14.0 Å². The minimum absolute atomic E-state index is 0.0376. The molecule has 0 bridgehead atoms. The number of hydrogen-bond donors (Lipinski definition) is 0.